The first-order chi connectivity index (χ1) is 9.14. The highest BCUT2D eigenvalue weighted by molar-refractivity contribution is 5.34. The highest BCUT2D eigenvalue weighted by Crippen LogP contribution is 2.35. The summed E-state index contributed by atoms with van der Waals surface area (Å²) < 4.78 is 63.2. The third kappa shape index (κ3) is 6.68. The lowest BCUT2D eigenvalue weighted by molar-refractivity contribution is -0.137. The summed E-state index contributed by atoms with van der Waals surface area (Å²) in [6.45, 7) is 12.2. The molecule has 116 valence electrons. The van der Waals surface area contributed by atoms with E-state index in [1.54, 1.807) is 6.92 Å². The molecule has 1 aromatic carbocycles. The predicted octanol–water partition coefficient (Wildman–Crippen LogP) is 6.21. The minimum Gasteiger partial charge on any atom is -0.202 e. The standard InChI is InChI=1S/C11H11F5.C2H6.C2H4/c1-3-7-4-8(10(2,12)13)6-9(5-7)11(14,15)16;2*1-2/h4-6H,3H2,1-2H3;1-2H3;1-2H2. The lowest BCUT2D eigenvalue weighted by Crippen LogP contribution is -2.12. The van der Waals surface area contributed by atoms with E-state index in [1.807, 2.05) is 13.8 Å². The number of alkyl halides is 5. The number of halogens is 5. The fourth-order valence-electron chi connectivity index (χ4n) is 1.31. The van der Waals surface area contributed by atoms with Crippen LogP contribution in [-0.4, -0.2) is 0 Å². The maximum Gasteiger partial charge on any atom is 0.416 e. The van der Waals surface area contributed by atoms with Crippen LogP contribution in [0, 0.1) is 0 Å². The number of aryl methyl sites for hydroxylation is 1. The first-order valence-electron chi connectivity index (χ1n) is 6.24. The predicted molar refractivity (Wildman–Crippen MR) is 73.0 cm³/mol. The van der Waals surface area contributed by atoms with Crippen molar-refractivity contribution in [2.24, 2.45) is 0 Å². The van der Waals surface area contributed by atoms with Crippen LogP contribution in [0.3, 0.4) is 0 Å². The molecule has 5 heteroatoms. The van der Waals surface area contributed by atoms with Crippen LogP contribution in [0.4, 0.5) is 22.0 Å². The van der Waals surface area contributed by atoms with Crippen LogP contribution in [-0.2, 0) is 18.5 Å². The van der Waals surface area contributed by atoms with Crippen molar-refractivity contribution in [1.29, 1.82) is 0 Å². The summed E-state index contributed by atoms with van der Waals surface area (Å²) in [6.07, 6.45) is -4.31. The Labute approximate surface area is 117 Å². The number of hydrogen-bond acceptors (Lipinski definition) is 0. The van der Waals surface area contributed by atoms with Crippen LogP contribution in [0.2, 0.25) is 0 Å². The molecule has 0 saturated heterocycles. The molecule has 0 N–H and O–H groups in total. The third-order valence-corrected chi connectivity index (χ3v) is 2.24. The van der Waals surface area contributed by atoms with Crippen molar-refractivity contribution in [1.82, 2.24) is 0 Å². The average molecular weight is 296 g/mol. The second-order valence-corrected chi connectivity index (χ2v) is 3.66. The number of hydrogen-bond donors (Lipinski definition) is 0. The zero-order chi connectivity index (χ0) is 16.6. The van der Waals surface area contributed by atoms with Crippen LogP contribution in [0.5, 0.6) is 0 Å². The Morgan fingerprint density at radius 3 is 1.60 bits per heavy atom. The van der Waals surface area contributed by atoms with Gasteiger partial charge in [-0.15, -0.1) is 13.2 Å². The molecule has 0 aliphatic rings. The first kappa shape index (κ1) is 20.9. The van der Waals surface area contributed by atoms with Gasteiger partial charge in [-0.2, -0.15) is 13.2 Å². The van der Waals surface area contributed by atoms with Gasteiger partial charge in [0, 0.05) is 12.5 Å². The van der Waals surface area contributed by atoms with Crippen molar-refractivity contribution in [3.8, 4) is 0 Å². The van der Waals surface area contributed by atoms with E-state index in [0.717, 1.165) is 12.1 Å². The van der Waals surface area contributed by atoms with E-state index in [-0.39, 0.29) is 12.0 Å². The normalized spacial score (nSPS) is 10.8. The Bertz CT molecular complexity index is 356. The first-order valence-corrected chi connectivity index (χ1v) is 6.24. The van der Waals surface area contributed by atoms with E-state index in [0.29, 0.717) is 13.0 Å². The Balaban J connectivity index is 0. The molecule has 0 atom stereocenters. The molecule has 0 unspecified atom stereocenters. The number of benzene rings is 1. The largest absolute Gasteiger partial charge is 0.416 e. The van der Waals surface area contributed by atoms with Gasteiger partial charge in [0.1, 0.15) is 0 Å². The Hall–Kier alpha value is -1.39. The minimum absolute atomic E-state index is 0.256. The molecule has 0 aliphatic carbocycles. The van der Waals surface area contributed by atoms with Gasteiger partial charge in [-0.1, -0.05) is 20.8 Å². The molecule has 0 aliphatic heterocycles. The maximum atomic E-state index is 13.0. The van der Waals surface area contributed by atoms with Gasteiger partial charge in [0.2, 0.25) is 0 Å². The van der Waals surface area contributed by atoms with Crippen molar-refractivity contribution in [2.75, 3.05) is 0 Å². The Kier molecular flexibility index (Phi) is 9.12. The molecule has 1 rings (SSSR count). The summed E-state index contributed by atoms with van der Waals surface area (Å²) in [5, 5.41) is 0. The molecule has 0 aromatic heterocycles. The molecule has 0 saturated carbocycles. The average Bonchev–Trinajstić information content (AvgIpc) is 2.41. The van der Waals surface area contributed by atoms with Crippen molar-refractivity contribution in [2.45, 2.75) is 46.2 Å². The smallest absolute Gasteiger partial charge is 0.202 e. The molecule has 0 heterocycles. The minimum atomic E-state index is -4.59. The van der Waals surface area contributed by atoms with E-state index < -0.39 is 23.2 Å². The Morgan fingerprint density at radius 2 is 1.30 bits per heavy atom. The second kappa shape index (κ2) is 8.72. The van der Waals surface area contributed by atoms with Gasteiger partial charge in [0.15, 0.2) is 0 Å². The van der Waals surface area contributed by atoms with Crippen LogP contribution in [0.15, 0.2) is 31.4 Å². The molecule has 0 spiro atoms. The van der Waals surface area contributed by atoms with Crippen molar-refractivity contribution >= 4 is 0 Å². The molecule has 0 amide bonds. The molecule has 0 nitrogen and oxygen atoms in total. The molecule has 0 bridgehead atoms. The zero-order valence-electron chi connectivity index (χ0n) is 12.2. The summed E-state index contributed by atoms with van der Waals surface area (Å²) in [5.41, 5.74) is -1.37. The molecule has 1 aromatic rings. The van der Waals surface area contributed by atoms with Gasteiger partial charge in [-0.05, 0) is 30.2 Å². The Morgan fingerprint density at radius 1 is 0.900 bits per heavy atom. The zero-order valence-corrected chi connectivity index (χ0v) is 12.2. The van der Waals surface area contributed by atoms with Crippen LogP contribution in [0.25, 0.3) is 0 Å². The van der Waals surface area contributed by atoms with Crippen molar-refractivity contribution in [3.63, 3.8) is 0 Å². The summed E-state index contributed by atoms with van der Waals surface area (Å²) in [6, 6.07) is 2.50. The van der Waals surface area contributed by atoms with Gasteiger partial charge >= 0.3 is 6.18 Å². The lowest BCUT2D eigenvalue weighted by Gasteiger charge is -2.15. The highest BCUT2D eigenvalue weighted by atomic mass is 19.4. The molecule has 20 heavy (non-hydrogen) atoms. The van der Waals surface area contributed by atoms with E-state index in [2.05, 4.69) is 13.2 Å². The molecular weight excluding hydrogens is 275 g/mol. The van der Waals surface area contributed by atoms with Gasteiger partial charge in [-0.25, -0.2) is 8.78 Å². The van der Waals surface area contributed by atoms with Crippen LogP contribution in [0.1, 0.15) is 44.4 Å². The van der Waals surface area contributed by atoms with E-state index >= 15 is 0 Å². The second-order valence-electron chi connectivity index (χ2n) is 3.66. The van der Waals surface area contributed by atoms with Crippen molar-refractivity contribution in [3.05, 3.63) is 48.0 Å². The fourth-order valence-corrected chi connectivity index (χ4v) is 1.31. The fraction of sp³-hybridized carbons (Fsp3) is 0.467. The van der Waals surface area contributed by atoms with Crippen LogP contribution >= 0.6 is 0 Å². The van der Waals surface area contributed by atoms with Crippen molar-refractivity contribution < 1.29 is 22.0 Å². The SMILES string of the molecule is C=C.CC.CCc1cc(C(C)(F)F)cc(C(F)(F)F)c1. The molecular formula is C15H21F5. The topological polar surface area (TPSA) is 0 Å². The van der Waals surface area contributed by atoms with Gasteiger partial charge < -0.3 is 0 Å². The maximum absolute atomic E-state index is 13.0. The molecule has 0 radical (unpaired) electrons. The summed E-state index contributed by atoms with van der Waals surface area (Å²) in [4.78, 5) is 0. The lowest BCUT2D eigenvalue weighted by atomic mass is 10.0. The number of rotatable bonds is 2. The van der Waals surface area contributed by atoms with Crippen LogP contribution < -0.4 is 0 Å². The van der Waals surface area contributed by atoms with E-state index in [1.165, 1.54) is 0 Å². The monoisotopic (exact) mass is 296 g/mol. The van der Waals surface area contributed by atoms with Gasteiger partial charge in [0.25, 0.3) is 5.92 Å². The quantitative estimate of drug-likeness (QED) is 0.449. The summed E-state index contributed by atoms with van der Waals surface area (Å²) in [5.74, 6) is -3.26. The van der Waals surface area contributed by atoms with Gasteiger partial charge in [-0.3, -0.25) is 0 Å². The summed E-state index contributed by atoms with van der Waals surface area (Å²) in [7, 11) is 0. The van der Waals surface area contributed by atoms with Gasteiger partial charge in [0.05, 0.1) is 5.56 Å². The highest BCUT2D eigenvalue weighted by Gasteiger charge is 2.34. The molecule has 0 fully saturated rings. The van der Waals surface area contributed by atoms with E-state index in [4.69, 9.17) is 0 Å². The third-order valence-electron chi connectivity index (χ3n) is 2.24. The van der Waals surface area contributed by atoms with E-state index in [9.17, 15) is 22.0 Å². The summed E-state index contributed by atoms with van der Waals surface area (Å²) >= 11 is 0.